The average molecular weight is 361 g/mol. The summed E-state index contributed by atoms with van der Waals surface area (Å²) >= 11 is 1.62. The molecule has 6 nitrogen and oxygen atoms in total. The number of hydrogen-bond acceptors (Lipinski definition) is 6. The number of hydrogen-bond donors (Lipinski definition) is 3. The highest BCUT2D eigenvalue weighted by Gasteiger charge is 2.29. The number of nitrogens with zero attached hydrogens (tertiary/aromatic N) is 2. The highest BCUT2D eigenvalue weighted by atomic mass is 32.1. The molecule has 2 aromatic rings. The molecule has 0 unspecified atom stereocenters. The van der Waals surface area contributed by atoms with Crippen LogP contribution < -0.4 is 5.32 Å². The Balaban J connectivity index is 1.56. The van der Waals surface area contributed by atoms with Gasteiger partial charge in [-0.2, -0.15) is 0 Å². The zero-order chi connectivity index (χ0) is 18.0. The Hall–Kier alpha value is -1.96. The predicted molar refractivity (Wildman–Crippen MR) is 96.8 cm³/mol. The zero-order valence-electron chi connectivity index (χ0n) is 14.4. The molecule has 134 valence electrons. The first-order valence-electron chi connectivity index (χ1n) is 8.34. The minimum atomic E-state index is -0.628. The zero-order valence-corrected chi connectivity index (χ0v) is 15.2. The number of amides is 1. The highest BCUT2D eigenvalue weighted by molar-refractivity contribution is 7.09. The van der Waals surface area contributed by atoms with E-state index < -0.39 is 6.10 Å². The Kier molecular flexibility index (Phi) is 5.36. The van der Waals surface area contributed by atoms with Crippen molar-refractivity contribution in [1.82, 2.24) is 15.2 Å². The van der Waals surface area contributed by atoms with Crippen LogP contribution in [0.15, 0.2) is 23.6 Å². The number of β-amino-alcohol motifs (C(OH)–C–C–N with tert-alkyl or cyclic N) is 1. The largest absolute Gasteiger partial charge is 0.508 e. The Bertz CT molecular complexity index is 762. The fourth-order valence-corrected chi connectivity index (χ4v) is 3.63. The predicted octanol–water partition coefficient (Wildman–Crippen LogP) is 1.83. The van der Waals surface area contributed by atoms with E-state index in [4.69, 9.17) is 0 Å². The molecule has 0 saturated carbocycles. The van der Waals surface area contributed by atoms with Crippen LogP contribution in [0.1, 0.15) is 33.0 Å². The lowest BCUT2D eigenvalue weighted by molar-refractivity contribution is 0.0346. The summed E-state index contributed by atoms with van der Waals surface area (Å²) in [6, 6.07) is 4.55. The number of aromatic hydroxyl groups is 1. The maximum absolute atomic E-state index is 12.3. The second-order valence-corrected chi connectivity index (χ2v) is 7.59. The van der Waals surface area contributed by atoms with Gasteiger partial charge in [0, 0.05) is 30.6 Å². The number of piperidine rings is 1. The molecule has 1 aromatic heterocycles. The molecule has 1 aromatic carbocycles. The smallest absolute Gasteiger partial charge is 0.251 e. The van der Waals surface area contributed by atoms with E-state index in [-0.39, 0.29) is 17.7 Å². The van der Waals surface area contributed by atoms with Crippen molar-refractivity contribution >= 4 is 17.2 Å². The fraction of sp³-hybridized carbons (Fsp3) is 0.444. The van der Waals surface area contributed by atoms with Gasteiger partial charge >= 0.3 is 0 Å². The van der Waals surface area contributed by atoms with Crippen molar-refractivity contribution in [3.63, 3.8) is 0 Å². The number of aryl methyl sites for hydroxylation is 2. The van der Waals surface area contributed by atoms with Crippen molar-refractivity contribution in [3.8, 4) is 5.75 Å². The van der Waals surface area contributed by atoms with Crippen LogP contribution >= 0.6 is 11.3 Å². The number of carbonyl (C=O) groups excluding carboxylic acids is 1. The molecule has 1 aliphatic rings. The van der Waals surface area contributed by atoms with E-state index in [0.29, 0.717) is 25.1 Å². The van der Waals surface area contributed by atoms with E-state index in [1.165, 1.54) is 6.07 Å². The highest BCUT2D eigenvalue weighted by Crippen LogP contribution is 2.19. The van der Waals surface area contributed by atoms with Crippen LogP contribution in [0.2, 0.25) is 0 Å². The van der Waals surface area contributed by atoms with Crippen molar-refractivity contribution in [2.75, 3.05) is 13.1 Å². The minimum absolute atomic E-state index is 0.0987. The van der Waals surface area contributed by atoms with Gasteiger partial charge in [-0.1, -0.05) is 6.07 Å². The first-order valence-corrected chi connectivity index (χ1v) is 9.22. The van der Waals surface area contributed by atoms with Gasteiger partial charge in [0.1, 0.15) is 5.75 Å². The van der Waals surface area contributed by atoms with E-state index in [2.05, 4.69) is 15.2 Å². The number of thiazole rings is 1. The molecular formula is C18H23N3O3S. The molecule has 25 heavy (non-hydrogen) atoms. The molecule has 3 rings (SSSR count). The molecule has 2 heterocycles. The third-order valence-corrected chi connectivity index (χ3v) is 5.33. The van der Waals surface area contributed by atoms with E-state index in [1.54, 1.807) is 30.4 Å². The van der Waals surface area contributed by atoms with Gasteiger partial charge in [-0.25, -0.2) is 4.98 Å². The van der Waals surface area contributed by atoms with Crippen molar-refractivity contribution in [2.45, 2.75) is 39.0 Å². The standard InChI is InChI=1S/C18H23N3O3S/c1-11-3-4-13(7-16(11)22)18(24)20-15-5-6-21(9-17(15)23)8-14-10-25-12(2)19-14/h3-4,7,10,15,17,22-23H,5-6,8-9H2,1-2H3,(H,20,24)/t15-,17-/m1/s1. The first kappa shape index (κ1) is 17.8. The van der Waals surface area contributed by atoms with Gasteiger partial charge in [0.15, 0.2) is 0 Å². The van der Waals surface area contributed by atoms with Gasteiger partial charge in [-0.15, -0.1) is 11.3 Å². The summed E-state index contributed by atoms with van der Waals surface area (Å²) in [5.41, 5.74) is 2.14. The lowest BCUT2D eigenvalue weighted by Gasteiger charge is -2.35. The van der Waals surface area contributed by atoms with Crippen LogP contribution in [0.25, 0.3) is 0 Å². The average Bonchev–Trinajstić information content (AvgIpc) is 2.97. The molecule has 1 aliphatic heterocycles. The normalized spacial score (nSPS) is 21.2. The molecule has 7 heteroatoms. The van der Waals surface area contributed by atoms with E-state index in [1.807, 2.05) is 12.3 Å². The number of aliphatic hydroxyl groups is 1. The van der Waals surface area contributed by atoms with Gasteiger partial charge in [-0.3, -0.25) is 9.69 Å². The summed E-state index contributed by atoms with van der Waals surface area (Å²) in [7, 11) is 0. The molecule has 3 N–H and O–H groups in total. The minimum Gasteiger partial charge on any atom is -0.508 e. The second kappa shape index (κ2) is 7.51. The Morgan fingerprint density at radius 2 is 2.24 bits per heavy atom. The topological polar surface area (TPSA) is 85.7 Å². The monoisotopic (exact) mass is 361 g/mol. The van der Waals surface area contributed by atoms with Gasteiger partial charge in [0.05, 0.1) is 22.8 Å². The number of rotatable bonds is 4. The molecule has 0 aliphatic carbocycles. The summed E-state index contributed by atoms with van der Waals surface area (Å²) in [4.78, 5) is 18.9. The summed E-state index contributed by atoms with van der Waals surface area (Å²) < 4.78 is 0. The van der Waals surface area contributed by atoms with Crippen LogP contribution in [0.5, 0.6) is 5.75 Å². The number of benzene rings is 1. The van der Waals surface area contributed by atoms with E-state index in [9.17, 15) is 15.0 Å². The lowest BCUT2D eigenvalue weighted by Crippen LogP contribution is -2.53. The molecular weight excluding hydrogens is 338 g/mol. The Labute approximate surface area is 151 Å². The number of carbonyl (C=O) groups is 1. The SMILES string of the molecule is Cc1nc(CN2CC[C@@H](NC(=O)c3ccc(C)c(O)c3)[C@H](O)C2)cs1. The Morgan fingerprint density at radius 1 is 1.44 bits per heavy atom. The van der Waals surface area contributed by atoms with Crippen LogP contribution in [0.3, 0.4) is 0 Å². The first-order chi connectivity index (χ1) is 11.9. The number of aliphatic hydroxyl groups excluding tert-OH is 1. The molecule has 0 bridgehead atoms. The van der Waals surface area contributed by atoms with Crippen LogP contribution in [-0.2, 0) is 6.54 Å². The van der Waals surface area contributed by atoms with Crippen molar-refractivity contribution in [1.29, 1.82) is 0 Å². The van der Waals surface area contributed by atoms with E-state index in [0.717, 1.165) is 22.8 Å². The van der Waals surface area contributed by atoms with Crippen molar-refractivity contribution in [2.24, 2.45) is 0 Å². The summed E-state index contributed by atoms with van der Waals surface area (Å²) in [5.74, 6) is -0.176. The molecule has 0 spiro atoms. The quantitative estimate of drug-likeness (QED) is 0.774. The van der Waals surface area contributed by atoms with Crippen molar-refractivity contribution < 1.29 is 15.0 Å². The fourth-order valence-electron chi connectivity index (χ4n) is 3.02. The number of aromatic nitrogens is 1. The summed E-state index contributed by atoms with van der Waals surface area (Å²) in [6.07, 6.45) is 0.0462. The molecule has 1 amide bonds. The maximum Gasteiger partial charge on any atom is 0.251 e. The van der Waals surface area contributed by atoms with Crippen LogP contribution in [0.4, 0.5) is 0 Å². The van der Waals surface area contributed by atoms with Gasteiger partial charge in [0.25, 0.3) is 5.91 Å². The Morgan fingerprint density at radius 3 is 2.88 bits per heavy atom. The van der Waals surface area contributed by atoms with Gasteiger partial charge in [-0.05, 0) is 38.0 Å². The molecule has 1 fully saturated rings. The molecule has 2 atom stereocenters. The summed E-state index contributed by atoms with van der Waals surface area (Å²) in [6.45, 7) is 5.76. The number of likely N-dealkylation sites (tertiary alicyclic amines) is 1. The number of phenols is 1. The molecule has 0 radical (unpaired) electrons. The second-order valence-electron chi connectivity index (χ2n) is 6.53. The third kappa shape index (κ3) is 4.36. The third-order valence-electron chi connectivity index (χ3n) is 4.51. The number of nitrogens with one attached hydrogen (secondary N) is 1. The molecule has 1 saturated heterocycles. The van der Waals surface area contributed by atoms with Crippen LogP contribution in [-0.4, -0.2) is 51.2 Å². The van der Waals surface area contributed by atoms with Crippen molar-refractivity contribution in [3.05, 3.63) is 45.4 Å². The van der Waals surface area contributed by atoms with E-state index >= 15 is 0 Å². The van der Waals surface area contributed by atoms with Crippen LogP contribution in [0, 0.1) is 13.8 Å². The maximum atomic E-state index is 12.3. The number of phenolic OH excluding ortho intramolecular Hbond substituents is 1. The van der Waals surface area contributed by atoms with Gasteiger partial charge in [0.2, 0.25) is 0 Å². The van der Waals surface area contributed by atoms with Gasteiger partial charge < -0.3 is 15.5 Å². The lowest BCUT2D eigenvalue weighted by atomic mass is 10.0. The summed E-state index contributed by atoms with van der Waals surface area (Å²) in [5, 5.41) is 26.1.